The highest BCUT2D eigenvalue weighted by atomic mass is 35.5. The molecule has 0 aromatic heterocycles. The second-order valence-electron chi connectivity index (χ2n) is 4.86. The molecule has 0 fully saturated rings. The SMILES string of the molecule is COc1cc(C(=O)Nc2cc(Cl)ccc2C(=O)O)cc(OC)c1OC. The Kier molecular flexibility index (Phi) is 5.71. The highest BCUT2D eigenvalue weighted by Crippen LogP contribution is 2.38. The first-order valence-electron chi connectivity index (χ1n) is 7.05. The maximum atomic E-state index is 12.5. The zero-order valence-corrected chi connectivity index (χ0v) is 14.5. The van der Waals surface area contributed by atoms with Crippen molar-refractivity contribution in [3.63, 3.8) is 0 Å². The Morgan fingerprint density at radius 1 is 1.00 bits per heavy atom. The number of carbonyl (C=O) groups excluding carboxylic acids is 1. The first kappa shape index (κ1) is 18.4. The molecule has 132 valence electrons. The molecular weight excluding hydrogens is 350 g/mol. The van der Waals surface area contributed by atoms with Gasteiger partial charge in [-0.2, -0.15) is 0 Å². The highest BCUT2D eigenvalue weighted by molar-refractivity contribution is 6.31. The van der Waals surface area contributed by atoms with Crippen LogP contribution in [0.1, 0.15) is 20.7 Å². The summed E-state index contributed by atoms with van der Waals surface area (Å²) in [5.74, 6) is -0.787. The summed E-state index contributed by atoms with van der Waals surface area (Å²) in [7, 11) is 4.31. The van der Waals surface area contributed by atoms with Crippen molar-refractivity contribution in [3.8, 4) is 17.2 Å². The summed E-state index contributed by atoms with van der Waals surface area (Å²) in [6.07, 6.45) is 0. The van der Waals surface area contributed by atoms with Gasteiger partial charge in [0.15, 0.2) is 11.5 Å². The minimum absolute atomic E-state index is 0.0785. The van der Waals surface area contributed by atoms with Crippen LogP contribution < -0.4 is 19.5 Å². The quantitative estimate of drug-likeness (QED) is 0.815. The van der Waals surface area contributed by atoms with Gasteiger partial charge in [0.2, 0.25) is 5.75 Å². The third-order valence-corrected chi connectivity index (χ3v) is 3.62. The molecule has 2 rings (SSSR count). The van der Waals surface area contributed by atoms with Gasteiger partial charge in [0, 0.05) is 10.6 Å². The number of carbonyl (C=O) groups is 2. The van der Waals surface area contributed by atoms with Crippen LogP contribution in [-0.4, -0.2) is 38.3 Å². The van der Waals surface area contributed by atoms with E-state index in [4.69, 9.17) is 25.8 Å². The number of methoxy groups -OCH3 is 3. The Balaban J connectivity index is 2.42. The summed E-state index contributed by atoms with van der Waals surface area (Å²) in [5.41, 5.74) is 0.203. The van der Waals surface area contributed by atoms with Gasteiger partial charge in [-0.05, 0) is 30.3 Å². The fourth-order valence-corrected chi connectivity index (χ4v) is 2.39. The molecule has 0 aliphatic rings. The van der Waals surface area contributed by atoms with Crippen LogP contribution in [0.25, 0.3) is 0 Å². The summed E-state index contributed by atoms with van der Waals surface area (Å²) < 4.78 is 15.6. The van der Waals surface area contributed by atoms with Gasteiger partial charge in [-0.1, -0.05) is 11.6 Å². The van der Waals surface area contributed by atoms with Gasteiger partial charge >= 0.3 is 5.97 Å². The predicted octanol–water partition coefficient (Wildman–Crippen LogP) is 3.32. The van der Waals surface area contributed by atoms with E-state index < -0.39 is 11.9 Å². The van der Waals surface area contributed by atoms with E-state index in [-0.39, 0.29) is 16.8 Å². The maximum Gasteiger partial charge on any atom is 0.337 e. The second-order valence-corrected chi connectivity index (χ2v) is 5.30. The molecule has 2 N–H and O–H groups in total. The minimum atomic E-state index is -1.18. The van der Waals surface area contributed by atoms with Crippen molar-refractivity contribution in [2.24, 2.45) is 0 Å². The zero-order chi connectivity index (χ0) is 18.6. The van der Waals surface area contributed by atoms with E-state index in [9.17, 15) is 14.7 Å². The van der Waals surface area contributed by atoms with E-state index in [1.165, 1.54) is 51.7 Å². The number of aromatic carboxylic acids is 1. The molecule has 0 aliphatic carbocycles. The number of hydrogen-bond donors (Lipinski definition) is 2. The molecule has 0 spiro atoms. The average Bonchev–Trinajstić information content (AvgIpc) is 2.59. The van der Waals surface area contributed by atoms with Gasteiger partial charge in [-0.25, -0.2) is 4.79 Å². The number of nitrogens with one attached hydrogen (secondary N) is 1. The summed E-state index contributed by atoms with van der Waals surface area (Å²) >= 11 is 5.89. The number of rotatable bonds is 6. The lowest BCUT2D eigenvalue weighted by molar-refractivity contribution is 0.0698. The molecule has 0 unspecified atom stereocenters. The Morgan fingerprint density at radius 3 is 2.08 bits per heavy atom. The van der Waals surface area contributed by atoms with E-state index >= 15 is 0 Å². The molecule has 0 saturated heterocycles. The Morgan fingerprint density at radius 2 is 1.60 bits per heavy atom. The van der Waals surface area contributed by atoms with E-state index in [0.717, 1.165) is 0 Å². The van der Waals surface area contributed by atoms with Crippen LogP contribution in [-0.2, 0) is 0 Å². The normalized spacial score (nSPS) is 10.1. The zero-order valence-electron chi connectivity index (χ0n) is 13.8. The van der Waals surface area contributed by atoms with Gasteiger partial charge in [0.05, 0.1) is 32.6 Å². The van der Waals surface area contributed by atoms with Crippen LogP contribution in [0.3, 0.4) is 0 Å². The third kappa shape index (κ3) is 3.95. The summed E-state index contributed by atoms with van der Waals surface area (Å²) in [6, 6.07) is 7.03. The second kappa shape index (κ2) is 7.76. The molecule has 2 aromatic rings. The van der Waals surface area contributed by atoms with E-state index in [2.05, 4.69) is 5.32 Å². The Hall–Kier alpha value is -2.93. The smallest absolute Gasteiger partial charge is 0.337 e. The number of hydrogen-bond acceptors (Lipinski definition) is 5. The van der Waals surface area contributed by atoms with Crippen molar-refractivity contribution in [2.75, 3.05) is 26.6 Å². The summed E-state index contributed by atoms with van der Waals surface area (Å²) in [6.45, 7) is 0. The van der Waals surface area contributed by atoms with Crippen LogP contribution in [0.15, 0.2) is 30.3 Å². The fraction of sp³-hybridized carbons (Fsp3) is 0.176. The Bertz CT molecular complexity index is 796. The number of carboxylic acid groups (broad SMARTS) is 1. The van der Waals surface area contributed by atoms with Crippen molar-refractivity contribution in [1.82, 2.24) is 0 Å². The van der Waals surface area contributed by atoms with Crippen LogP contribution in [0.5, 0.6) is 17.2 Å². The lowest BCUT2D eigenvalue weighted by Crippen LogP contribution is -2.15. The van der Waals surface area contributed by atoms with Gasteiger partial charge in [-0.3, -0.25) is 4.79 Å². The molecule has 7 nitrogen and oxygen atoms in total. The molecule has 0 aliphatic heterocycles. The number of amides is 1. The molecular formula is C17H16ClNO6. The molecule has 0 bridgehead atoms. The van der Waals surface area contributed by atoms with Crippen LogP contribution in [0.2, 0.25) is 5.02 Å². The van der Waals surface area contributed by atoms with Crippen molar-refractivity contribution in [2.45, 2.75) is 0 Å². The van der Waals surface area contributed by atoms with Gasteiger partial charge in [0.25, 0.3) is 5.91 Å². The summed E-state index contributed by atoms with van der Waals surface area (Å²) in [5, 5.41) is 12.1. The minimum Gasteiger partial charge on any atom is -0.493 e. The van der Waals surface area contributed by atoms with Gasteiger partial charge in [-0.15, -0.1) is 0 Å². The molecule has 0 radical (unpaired) electrons. The first-order valence-corrected chi connectivity index (χ1v) is 7.43. The lowest BCUT2D eigenvalue weighted by atomic mass is 10.1. The van der Waals surface area contributed by atoms with E-state index in [0.29, 0.717) is 22.3 Å². The standard InChI is InChI=1S/C17H16ClNO6/c1-23-13-6-9(7-14(24-2)15(13)25-3)16(20)19-12-8-10(18)4-5-11(12)17(21)22/h4-8H,1-3H3,(H,19,20)(H,21,22). The van der Waals surface area contributed by atoms with Gasteiger partial charge < -0.3 is 24.6 Å². The van der Waals surface area contributed by atoms with Crippen molar-refractivity contribution < 1.29 is 28.9 Å². The molecule has 0 atom stereocenters. The van der Waals surface area contributed by atoms with Crippen LogP contribution in [0, 0.1) is 0 Å². The van der Waals surface area contributed by atoms with Crippen LogP contribution >= 0.6 is 11.6 Å². The van der Waals surface area contributed by atoms with Gasteiger partial charge in [0.1, 0.15) is 0 Å². The average molecular weight is 366 g/mol. The van der Waals surface area contributed by atoms with E-state index in [1.807, 2.05) is 0 Å². The predicted molar refractivity (Wildman–Crippen MR) is 92.5 cm³/mol. The lowest BCUT2D eigenvalue weighted by Gasteiger charge is -2.14. The summed E-state index contributed by atoms with van der Waals surface area (Å²) in [4.78, 5) is 23.8. The number of ether oxygens (including phenoxy) is 3. The molecule has 2 aromatic carbocycles. The number of halogens is 1. The highest BCUT2D eigenvalue weighted by Gasteiger charge is 2.19. The van der Waals surface area contributed by atoms with Crippen molar-refractivity contribution in [1.29, 1.82) is 0 Å². The first-order chi connectivity index (χ1) is 11.9. The third-order valence-electron chi connectivity index (χ3n) is 3.39. The number of benzene rings is 2. The largest absolute Gasteiger partial charge is 0.493 e. The van der Waals surface area contributed by atoms with E-state index in [1.54, 1.807) is 0 Å². The fourth-order valence-electron chi connectivity index (χ4n) is 2.21. The Labute approximate surface area is 149 Å². The van der Waals surface area contributed by atoms with Crippen molar-refractivity contribution >= 4 is 29.2 Å². The monoisotopic (exact) mass is 365 g/mol. The van der Waals surface area contributed by atoms with Crippen LogP contribution in [0.4, 0.5) is 5.69 Å². The molecule has 8 heteroatoms. The maximum absolute atomic E-state index is 12.5. The molecule has 25 heavy (non-hydrogen) atoms. The molecule has 0 heterocycles. The topological polar surface area (TPSA) is 94.1 Å². The van der Waals surface area contributed by atoms with Crippen molar-refractivity contribution in [3.05, 3.63) is 46.5 Å². The number of carboxylic acids is 1. The molecule has 1 amide bonds. The molecule has 0 saturated carbocycles. The number of anilines is 1.